The normalized spacial score (nSPS) is 12.6. The number of esters is 1. The first-order valence-electron chi connectivity index (χ1n) is 6.20. The first kappa shape index (κ1) is 14.5. The SMILES string of the molecule is CCOC(=O)C(C)COCC=Cc1ccccc1. The van der Waals surface area contributed by atoms with Crippen LogP contribution in [0.3, 0.4) is 0 Å². The van der Waals surface area contributed by atoms with E-state index in [1.54, 1.807) is 13.8 Å². The molecule has 1 rings (SSSR count). The first-order chi connectivity index (χ1) is 8.74. The van der Waals surface area contributed by atoms with Crippen molar-refractivity contribution in [2.75, 3.05) is 19.8 Å². The minimum Gasteiger partial charge on any atom is -0.466 e. The topological polar surface area (TPSA) is 35.5 Å². The Labute approximate surface area is 108 Å². The third-order valence-corrected chi connectivity index (χ3v) is 2.38. The highest BCUT2D eigenvalue weighted by molar-refractivity contribution is 5.72. The van der Waals surface area contributed by atoms with Gasteiger partial charge in [-0.25, -0.2) is 0 Å². The molecule has 18 heavy (non-hydrogen) atoms. The van der Waals surface area contributed by atoms with Crippen molar-refractivity contribution in [3.8, 4) is 0 Å². The zero-order valence-electron chi connectivity index (χ0n) is 11.0. The summed E-state index contributed by atoms with van der Waals surface area (Å²) in [5, 5.41) is 0. The van der Waals surface area contributed by atoms with E-state index in [1.807, 2.05) is 42.5 Å². The maximum atomic E-state index is 11.3. The van der Waals surface area contributed by atoms with Gasteiger partial charge in [0.05, 0.1) is 25.7 Å². The molecule has 0 saturated heterocycles. The maximum Gasteiger partial charge on any atom is 0.310 e. The first-order valence-corrected chi connectivity index (χ1v) is 6.20. The van der Waals surface area contributed by atoms with Crippen LogP contribution in [-0.4, -0.2) is 25.8 Å². The summed E-state index contributed by atoms with van der Waals surface area (Å²) in [6.45, 7) is 4.90. The highest BCUT2D eigenvalue weighted by Gasteiger charge is 2.13. The highest BCUT2D eigenvalue weighted by atomic mass is 16.5. The third-order valence-electron chi connectivity index (χ3n) is 2.38. The number of ether oxygens (including phenoxy) is 2. The molecule has 0 N–H and O–H groups in total. The van der Waals surface area contributed by atoms with Crippen molar-refractivity contribution in [2.45, 2.75) is 13.8 Å². The van der Waals surface area contributed by atoms with Gasteiger partial charge in [0.1, 0.15) is 0 Å². The summed E-state index contributed by atoms with van der Waals surface area (Å²) in [4.78, 5) is 11.3. The van der Waals surface area contributed by atoms with Crippen molar-refractivity contribution in [2.24, 2.45) is 5.92 Å². The molecule has 0 spiro atoms. The van der Waals surface area contributed by atoms with Crippen LogP contribution in [0.2, 0.25) is 0 Å². The third kappa shape index (κ3) is 5.64. The zero-order valence-corrected chi connectivity index (χ0v) is 11.0. The maximum absolute atomic E-state index is 11.3. The van der Waals surface area contributed by atoms with Crippen molar-refractivity contribution in [1.82, 2.24) is 0 Å². The van der Waals surface area contributed by atoms with Gasteiger partial charge in [0.15, 0.2) is 0 Å². The lowest BCUT2D eigenvalue weighted by atomic mass is 10.2. The van der Waals surface area contributed by atoms with Crippen molar-refractivity contribution in [3.05, 3.63) is 42.0 Å². The Morgan fingerprint density at radius 1 is 1.33 bits per heavy atom. The fraction of sp³-hybridized carbons (Fsp3) is 0.400. The molecule has 0 aliphatic carbocycles. The molecule has 98 valence electrons. The van der Waals surface area contributed by atoms with Gasteiger partial charge in [-0.1, -0.05) is 42.5 Å². The van der Waals surface area contributed by atoms with Gasteiger partial charge in [0.2, 0.25) is 0 Å². The standard InChI is InChI=1S/C15H20O3/c1-3-18-15(16)13(2)12-17-11-7-10-14-8-5-4-6-9-14/h4-10,13H,3,11-12H2,1-2H3. The smallest absolute Gasteiger partial charge is 0.310 e. The Morgan fingerprint density at radius 2 is 2.06 bits per heavy atom. The number of carbonyl (C=O) groups excluding carboxylic acids is 1. The van der Waals surface area contributed by atoms with E-state index in [2.05, 4.69) is 0 Å². The lowest BCUT2D eigenvalue weighted by molar-refractivity contribution is -0.149. The molecule has 0 aromatic heterocycles. The molecule has 1 aromatic carbocycles. The predicted molar refractivity (Wildman–Crippen MR) is 72.1 cm³/mol. The monoisotopic (exact) mass is 248 g/mol. The molecular formula is C15H20O3. The molecule has 3 nitrogen and oxygen atoms in total. The predicted octanol–water partition coefficient (Wildman–Crippen LogP) is 2.92. The van der Waals surface area contributed by atoms with Crippen molar-refractivity contribution >= 4 is 12.0 Å². The van der Waals surface area contributed by atoms with Crippen molar-refractivity contribution < 1.29 is 14.3 Å². The molecule has 1 atom stereocenters. The molecule has 0 heterocycles. The Kier molecular flexibility index (Phi) is 6.81. The lowest BCUT2D eigenvalue weighted by Gasteiger charge is -2.09. The minimum atomic E-state index is -0.213. The van der Waals surface area contributed by atoms with Gasteiger partial charge in [-0.05, 0) is 19.4 Å². The molecule has 0 amide bonds. The summed E-state index contributed by atoms with van der Waals surface area (Å²) in [7, 11) is 0. The summed E-state index contributed by atoms with van der Waals surface area (Å²) in [5.41, 5.74) is 1.14. The molecule has 1 unspecified atom stereocenters. The number of carbonyl (C=O) groups is 1. The zero-order chi connectivity index (χ0) is 13.2. The van der Waals surface area contributed by atoms with Crippen molar-refractivity contribution in [3.63, 3.8) is 0 Å². The Hall–Kier alpha value is -1.61. The van der Waals surface area contributed by atoms with Crippen LogP contribution in [0.4, 0.5) is 0 Å². The largest absolute Gasteiger partial charge is 0.466 e. The Balaban J connectivity index is 2.19. The Bertz CT molecular complexity index is 371. The molecule has 3 heteroatoms. The van der Waals surface area contributed by atoms with Gasteiger partial charge >= 0.3 is 5.97 Å². The molecule has 1 aromatic rings. The van der Waals surface area contributed by atoms with Crippen LogP contribution in [0.25, 0.3) is 6.08 Å². The van der Waals surface area contributed by atoms with Crippen LogP contribution in [0.15, 0.2) is 36.4 Å². The van der Waals surface area contributed by atoms with Crippen LogP contribution in [0.5, 0.6) is 0 Å². The lowest BCUT2D eigenvalue weighted by Crippen LogP contribution is -2.19. The minimum absolute atomic E-state index is 0.204. The average Bonchev–Trinajstić information content (AvgIpc) is 2.39. The summed E-state index contributed by atoms with van der Waals surface area (Å²) in [6.07, 6.45) is 3.93. The quantitative estimate of drug-likeness (QED) is 0.550. The summed E-state index contributed by atoms with van der Waals surface area (Å²) in [5.74, 6) is -0.417. The average molecular weight is 248 g/mol. The number of rotatable bonds is 7. The molecular weight excluding hydrogens is 228 g/mol. The second-order valence-corrected chi connectivity index (χ2v) is 4.00. The number of benzene rings is 1. The fourth-order valence-corrected chi connectivity index (χ4v) is 1.41. The Morgan fingerprint density at radius 3 is 2.72 bits per heavy atom. The van der Waals surface area contributed by atoms with Crippen LogP contribution in [0.1, 0.15) is 19.4 Å². The van der Waals surface area contributed by atoms with Crippen LogP contribution in [0, 0.1) is 5.92 Å². The second-order valence-electron chi connectivity index (χ2n) is 4.00. The molecule has 0 saturated carbocycles. The molecule has 0 bridgehead atoms. The second kappa shape index (κ2) is 8.48. The highest BCUT2D eigenvalue weighted by Crippen LogP contribution is 2.02. The van der Waals surface area contributed by atoms with E-state index >= 15 is 0 Å². The molecule has 0 fully saturated rings. The van der Waals surface area contributed by atoms with E-state index in [0.29, 0.717) is 19.8 Å². The van der Waals surface area contributed by atoms with Crippen molar-refractivity contribution in [1.29, 1.82) is 0 Å². The fourth-order valence-electron chi connectivity index (χ4n) is 1.41. The van der Waals surface area contributed by atoms with Gasteiger partial charge in [-0.3, -0.25) is 4.79 Å². The van der Waals surface area contributed by atoms with Gasteiger partial charge in [0, 0.05) is 0 Å². The van der Waals surface area contributed by atoms with E-state index in [-0.39, 0.29) is 11.9 Å². The van der Waals surface area contributed by atoms with Gasteiger partial charge in [-0.2, -0.15) is 0 Å². The van der Waals surface area contributed by atoms with Crippen LogP contribution >= 0.6 is 0 Å². The van der Waals surface area contributed by atoms with E-state index in [9.17, 15) is 4.79 Å². The van der Waals surface area contributed by atoms with E-state index in [0.717, 1.165) is 5.56 Å². The van der Waals surface area contributed by atoms with Crippen LogP contribution in [-0.2, 0) is 14.3 Å². The summed E-state index contributed by atoms with van der Waals surface area (Å²) < 4.78 is 10.3. The molecule has 0 radical (unpaired) electrons. The van der Waals surface area contributed by atoms with Crippen LogP contribution < -0.4 is 0 Å². The van der Waals surface area contributed by atoms with E-state index < -0.39 is 0 Å². The van der Waals surface area contributed by atoms with E-state index in [1.165, 1.54) is 0 Å². The molecule has 0 aliphatic heterocycles. The number of hydrogen-bond acceptors (Lipinski definition) is 3. The summed E-state index contributed by atoms with van der Waals surface area (Å²) >= 11 is 0. The molecule has 0 aliphatic rings. The van der Waals surface area contributed by atoms with E-state index in [4.69, 9.17) is 9.47 Å². The number of hydrogen-bond donors (Lipinski definition) is 0. The van der Waals surface area contributed by atoms with Gasteiger partial charge in [0.25, 0.3) is 0 Å². The summed E-state index contributed by atoms with van der Waals surface area (Å²) in [6, 6.07) is 10.0. The van der Waals surface area contributed by atoms with Gasteiger partial charge in [-0.15, -0.1) is 0 Å². The van der Waals surface area contributed by atoms with Gasteiger partial charge < -0.3 is 9.47 Å².